The van der Waals surface area contributed by atoms with Crippen LogP contribution < -0.4 is 0 Å². The Hall–Kier alpha value is -0.200. The lowest BCUT2D eigenvalue weighted by molar-refractivity contribution is -0.0467. The first-order valence-electron chi connectivity index (χ1n) is 5.15. The van der Waals surface area contributed by atoms with Gasteiger partial charge in [0.1, 0.15) is 6.10 Å². The molecule has 0 aliphatic heterocycles. The highest BCUT2D eigenvalue weighted by Gasteiger charge is 2.20. The van der Waals surface area contributed by atoms with Crippen molar-refractivity contribution in [2.24, 2.45) is 0 Å². The van der Waals surface area contributed by atoms with Gasteiger partial charge in [0.15, 0.2) is 0 Å². The molecular formula is C10H21O5. The molecule has 0 aromatic carbocycles. The van der Waals surface area contributed by atoms with Crippen molar-refractivity contribution in [2.45, 2.75) is 50.1 Å². The number of aliphatic hydroxyl groups excluding tert-OH is 5. The largest absolute Gasteiger partial charge is 0.396 e. The maximum atomic E-state index is 9.35. The standard InChI is InChI=1S/C10H21O5/c1-7(12)10(15)9(14)4-2-3-8(13)5-6-11/h7-15H,1-6H2. The highest BCUT2D eigenvalue weighted by molar-refractivity contribution is 4.76. The Bertz CT molecular complexity index is 151. The molecule has 1 radical (unpaired) electrons. The lowest BCUT2D eigenvalue weighted by atomic mass is 10.0. The molecular weight excluding hydrogens is 200 g/mol. The maximum Gasteiger partial charge on any atom is 0.106 e. The van der Waals surface area contributed by atoms with Gasteiger partial charge in [-0.3, -0.25) is 0 Å². The lowest BCUT2D eigenvalue weighted by Crippen LogP contribution is -2.35. The van der Waals surface area contributed by atoms with Crippen LogP contribution in [0, 0.1) is 6.92 Å². The van der Waals surface area contributed by atoms with Crippen LogP contribution in [0.1, 0.15) is 25.7 Å². The van der Waals surface area contributed by atoms with Gasteiger partial charge >= 0.3 is 0 Å². The molecule has 0 aliphatic carbocycles. The van der Waals surface area contributed by atoms with E-state index in [2.05, 4.69) is 6.92 Å². The van der Waals surface area contributed by atoms with Crippen molar-refractivity contribution < 1.29 is 25.5 Å². The van der Waals surface area contributed by atoms with Crippen molar-refractivity contribution >= 4 is 0 Å². The molecule has 0 saturated heterocycles. The van der Waals surface area contributed by atoms with Crippen molar-refractivity contribution in [3.63, 3.8) is 0 Å². The molecule has 0 spiro atoms. The van der Waals surface area contributed by atoms with Gasteiger partial charge in [-0.1, -0.05) is 0 Å². The third-order valence-electron chi connectivity index (χ3n) is 2.29. The van der Waals surface area contributed by atoms with Crippen LogP contribution in [0.25, 0.3) is 0 Å². The van der Waals surface area contributed by atoms with Gasteiger partial charge in [0.2, 0.25) is 0 Å². The van der Waals surface area contributed by atoms with E-state index in [4.69, 9.17) is 10.2 Å². The fraction of sp³-hybridized carbons (Fsp3) is 0.900. The maximum absolute atomic E-state index is 9.35. The Kier molecular flexibility index (Phi) is 7.90. The van der Waals surface area contributed by atoms with Gasteiger partial charge in [0.05, 0.1) is 18.3 Å². The van der Waals surface area contributed by atoms with E-state index in [1.54, 1.807) is 0 Å². The Balaban J connectivity index is 3.58. The van der Waals surface area contributed by atoms with Crippen molar-refractivity contribution in [1.82, 2.24) is 0 Å². The van der Waals surface area contributed by atoms with Crippen LogP contribution in [0.4, 0.5) is 0 Å². The fourth-order valence-electron chi connectivity index (χ4n) is 1.28. The van der Waals surface area contributed by atoms with Crippen molar-refractivity contribution in [1.29, 1.82) is 0 Å². The molecule has 5 nitrogen and oxygen atoms in total. The third kappa shape index (κ3) is 6.81. The van der Waals surface area contributed by atoms with E-state index in [0.29, 0.717) is 19.3 Å². The van der Waals surface area contributed by atoms with Crippen LogP contribution in [0.2, 0.25) is 0 Å². The number of rotatable bonds is 8. The van der Waals surface area contributed by atoms with Gasteiger partial charge in [-0.2, -0.15) is 0 Å². The highest BCUT2D eigenvalue weighted by atomic mass is 16.4. The van der Waals surface area contributed by atoms with E-state index >= 15 is 0 Å². The second-order valence-corrected chi connectivity index (χ2v) is 3.72. The summed E-state index contributed by atoms with van der Waals surface area (Å²) in [6.07, 6.45) is -2.48. The molecule has 0 aliphatic rings. The number of aliphatic hydroxyl groups is 5. The molecule has 0 rings (SSSR count). The molecule has 5 N–H and O–H groups in total. The predicted molar refractivity (Wildman–Crippen MR) is 54.9 cm³/mol. The minimum atomic E-state index is -1.25. The number of hydrogen-bond acceptors (Lipinski definition) is 5. The van der Waals surface area contributed by atoms with Crippen molar-refractivity contribution in [3.8, 4) is 0 Å². The first-order valence-corrected chi connectivity index (χ1v) is 5.15. The van der Waals surface area contributed by atoms with Crippen LogP contribution in [0.15, 0.2) is 0 Å². The quantitative estimate of drug-likeness (QED) is 0.355. The second kappa shape index (κ2) is 8.01. The summed E-state index contributed by atoms with van der Waals surface area (Å²) < 4.78 is 0. The molecule has 0 aromatic rings. The highest BCUT2D eigenvalue weighted by Crippen LogP contribution is 2.10. The van der Waals surface area contributed by atoms with Gasteiger partial charge < -0.3 is 25.5 Å². The number of hydrogen-bond donors (Lipinski definition) is 5. The zero-order valence-corrected chi connectivity index (χ0v) is 8.79. The van der Waals surface area contributed by atoms with E-state index in [1.165, 1.54) is 0 Å². The lowest BCUT2D eigenvalue weighted by Gasteiger charge is -2.20. The van der Waals surface area contributed by atoms with Gasteiger partial charge in [-0.15, -0.1) is 0 Å². The molecule has 0 heterocycles. The minimum Gasteiger partial charge on any atom is -0.396 e. The summed E-state index contributed by atoms with van der Waals surface area (Å²) in [6, 6.07) is 0. The topological polar surface area (TPSA) is 101 Å². The van der Waals surface area contributed by atoms with Crippen molar-refractivity contribution in [2.75, 3.05) is 6.61 Å². The van der Waals surface area contributed by atoms with E-state index in [0.717, 1.165) is 0 Å². The zero-order chi connectivity index (χ0) is 11.8. The van der Waals surface area contributed by atoms with E-state index in [9.17, 15) is 15.3 Å². The molecule has 0 bridgehead atoms. The van der Waals surface area contributed by atoms with Crippen LogP contribution in [-0.2, 0) is 0 Å². The Morgan fingerprint density at radius 1 is 0.933 bits per heavy atom. The molecule has 5 heteroatoms. The first kappa shape index (κ1) is 14.8. The Labute approximate surface area is 90.0 Å². The summed E-state index contributed by atoms with van der Waals surface area (Å²) in [5.74, 6) is 0. The monoisotopic (exact) mass is 221 g/mol. The van der Waals surface area contributed by atoms with Crippen molar-refractivity contribution in [3.05, 3.63) is 6.92 Å². The van der Waals surface area contributed by atoms with Gasteiger partial charge in [-0.25, -0.2) is 0 Å². The fourth-order valence-corrected chi connectivity index (χ4v) is 1.28. The average molecular weight is 221 g/mol. The minimum absolute atomic E-state index is 0.0655. The summed E-state index contributed by atoms with van der Waals surface area (Å²) in [6.45, 7) is 3.13. The van der Waals surface area contributed by atoms with E-state index in [1.807, 2.05) is 0 Å². The summed E-state index contributed by atoms with van der Waals surface area (Å²) in [7, 11) is 0. The molecule has 4 unspecified atom stereocenters. The van der Waals surface area contributed by atoms with Crippen LogP contribution in [-0.4, -0.2) is 56.6 Å². The molecule has 0 saturated carbocycles. The van der Waals surface area contributed by atoms with Crippen LogP contribution in [0.3, 0.4) is 0 Å². The predicted octanol–water partition coefficient (Wildman–Crippen LogP) is -1.18. The summed E-state index contributed by atoms with van der Waals surface area (Å²) in [5, 5.41) is 45.2. The normalized spacial score (nSPS) is 19.6. The molecule has 4 atom stereocenters. The first-order chi connectivity index (χ1) is 6.99. The SMILES string of the molecule is [CH2]C(O)C(O)C(O)CCCC(O)CCO. The average Bonchev–Trinajstić information content (AvgIpc) is 2.16. The molecule has 0 amide bonds. The zero-order valence-electron chi connectivity index (χ0n) is 8.79. The summed E-state index contributed by atoms with van der Waals surface area (Å²) >= 11 is 0. The Morgan fingerprint density at radius 3 is 2.00 bits per heavy atom. The molecule has 0 aromatic heterocycles. The van der Waals surface area contributed by atoms with Crippen LogP contribution in [0.5, 0.6) is 0 Å². The smallest absolute Gasteiger partial charge is 0.106 e. The van der Waals surface area contributed by atoms with Gasteiger partial charge in [-0.05, 0) is 32.6 Å². The molecule has 15 heavy (non-hydrogen) atoms. The summed E-state index contributed by atoms with van der Waals surface area (Å²) in [4.78, 5) is 0. The van der Waals surface area contributed by atoms with Gasteiger partial charge in [0.25, 0.3) is 0 Å². The van der Waals surface area contributed by atoms with Crippen LogP contribution >= 0.6 is 0 Å². The Morgan fingerprint density at radius 2 is 1.53 bits per heavy atom. The van der Waals surface area contributed by atoms with E-state index in [-0.39, 0.29) is 13.0 Å². The third-order valence-corrected chi connectivity index (χ3v) is 2.29. The molecule has 91 valence electrons. The summed E-state index contributed by atoms with van der Waals surface area (Å²) in [5.41, 5.74) is 0. The molecule has 0 fully saturated rings. The van der Waals surface area contributed by atoms with Gasteiger partial charge in [0, 0.05) is 6.61 Å². The van der Waals surface area contributed by atoms with E-state index < -0.39 is 24.4 Å². The second-order valence-electron chi connectivity index (χ2n) is 3.72.